The van der Waals surface area contributed by atoms with Gasteiger partial charge in [-0.2, -0.15) is 0 Å². The summed E-state index contributed by atoms with van der Waals surface area (Å²) >= 11 is 0. The minimum atomic E-state index is 0.843. The second kappa shape index (κ2) is 9.04. The van der Waals surface area contributed by atoms with Crippen LogP contribution in [0, 0.1) is 5.92 Å². The molecule has 0 aromatic heterocycles. The van der Waals surface area contributed by atoms with Crippen LogP contribution in [0.3, 0.4) is 0 Å². The van der Waals surface area contributed by atoms with Crippen LogP contribution in [0.25, 0.3) is 0 Å². The highest BCUT2D eigenvalue weighted by atomic mass is 14.9. The van der Waals surface area contributed by atoms with Crippen LogP contribution >= 0.6 is 0 Å². The molecule has 1 rings (SSSR count). The average Bonchev–Trinajstić information content (AvgIpc) is 2.68. The van der Waals surface area contributed by atoms with Gasteiger partial charge in [-0.15, -0.1) is 0 Å². The highest BCUT2D eigenvalue weighted by Gasteiger charge is 2.19. The van der Waals surface area contributed by atoms with Gasteiger partial charge in [-0.1, -0.05) is 52.4 Å². The van der Waals surface area contributed by atoms with Crippen LogP contribution in [0.15, 0.2) is 0 Å². The summed E-state index contributed by atoms with van der Waals surface area (Å²) in [4.78, 5) is 0. The monoisotopic (exact) mass is 225 g/mol. The molecule has 96 valence electrons. The zero-order valence-corrected chi connectivity index (χ0v) is 11.4. The molecule has 1 nitrogen and oxygen atoms in total. The third-order valence-corrected chi connectivity index (χ3v) is 3.91. The molecule has 1 saturated carbocycles. The smallest absolute Gasteiger partial charge is 0.00696 e. The van der Waals surface area contributed by atoms with Gasteiger partial charge >= 0.3 is 0 Å². The maximum atomic E-state index is 3.71. The third kappa shape index (κ3) is 6.52. The Labute approximate surface area is 102 Å². The van der Waals surface area contributed by atoms with Crippen molar-refractivity contribution in [3.8, 4) is 0 Å². The molecule has 0 heterocycles. The number of unbranched alkanes of at least 4 members (excludes halogenated alkanes) is 6. The SMILES string of the molecule is CCCCCCCCCNC1CCC(C)C1. The van der Waals surface area contributed by atoms with Crippen LogP contribution in [0.4, 0.5) is 0 Å². The van der Waals surface area contributed by atoms with E-state index in [0.29, 0.717) is 0 Å². The second-order valence-electron chi connectivity index (χ2n) is 5.69. The van der Waals surface area contributed by atoms with E-state index in [1.54, 1.807) is 0 Å². The van der Waals surface area contributed by atoms with Crippen molar-refractivity contribution in [2.24, 2.45) is 5.92 Å². The predicted molar refractivity (Wildman–Crippen MR) is 72.8 cm³/mol. The van der Waals surface area contributed by atoms with E-state index in [0.717, 1.165) is 12.0 Å². The minimum Gasteiger partial charge on any atom is -0.314 e. The average molecular weight is 225 g/mol. The Morgan fingerprint density at radius 3 is 2.25 bits per heavy atom. The first-order valence-electron chi connectivity index (χ1n) is 7.56. The molecule has 1 aliphatic carbocycles. The molecule has 0 bridgehead atoms. The van der Waals surface area contributed by atoms with Gasteiger partial charge in [0.1, 0.15) is 0 Å². The Kier molecular flexibility index (Phi) is 7.92. The zero-order valence-electron chi connectivity index (χ0n) is 11.4. The van der Waals surface area contributed by atoms with Crippen LogP contribution < -0.4 is 5.32 Å². The van der Waals surface area contributed by atoms with Gasteiger partial charge in [0.05, 0.1) is 0 Å². The van der Waals surface area contributed by atoms with Gasteiger partial charge in [-0.3, -0.25) is 0 Å². The van der Waals surface area contributed by atoms with Crippen molar-refractivity contribution in [2.75, 3.05) is 6.54 Å². The van der Waals surface area contributed by atoms with E-state index in [2.05, 4.69) is 19.2 Å². The molecular formula is C15H31N. The Morgan fingerprint density at radius 1 is 0.938 bits per heavy atom. The summed E-state index contributed by atoms with van der Waals surface area (Å²) in [7, 11) is 0. The van der Waals surface area contributed by atoms with Crippen molar-refractivity contribution >= 4 is 0 Å². The lowest BCUT2D eigenvalue weighted by atomic mass is 10.1. The Bertz CT molecular complexity index is 156. The van der Waals surface area contributed by atoms with Gasteiger partial charge in [-0.25, -0.2) is 0 Å². The van der Waals surface area contributed by atoms with Crippen molar-refractivity contribution in [3.05, 3.63) is 0 Å². The summed E-state index contributed by atoms with van der Waals surface area (Å²) in [5, 5.41) is 3.71. The minimum absolute atomic E-state index is 0.843. The maximum Gasteiger partial charge on any atom is 0.00696 e. The highest BCUT2D eigenvalue weighted by Crippen LogP contribution is 2.24. The second-order valence-corrected chi connectivity index (χ2v) is 5.69. The third-order valence-electron chi connectivity index (χ3n) is 3.91. The largest absolute Gasteiger partial charge is 0.314 e. The van der Waals surface area contributed by atoms with Gasteiger partial charge in [0.15, 0.2) is 0 Å². The van der Waals surface area contributed by atoms with Gasteiger partial charge < -0.3 is 5.32 Å². The van der Waals surface area contributed by atoms with Crippen LogP contribution in [-0.2, 0) is 0 Å². The molecule has 0 aliphatic heterocycles. The summed E-state index contributed by atoms with van der Waals surface area (Å²) in [6.45, 7) is 5.92. The fourth-order valence-corrected chi connectivity index (χ4v) is 2.78. The quantitative estimate of drug-likeness (QED) is 0.569. The molecule has 0 spiro atoms. The number of hydrogen-bond acceptors (Lipinski definition) is 1. The van der Waals surface area contributed by atoms with E-state index >= 15 is 0 Å². The molecule has 0 aromatic carbocycles. The van der Waals surface area contributed by atoms with Crippen molar-refractivity contribution in [2.45, 2.75) is 84.1 Å². The maximum absolute atomic E-state index is 3.71. The van der Waals surface area contributed by atoms with E-state index < -0.39 is 0 Å². The fourth-order valence-electron chi connectivity index (χ4n) is 2.78. The molecule has 0 amide bonds. The molecule has 2 atom stereocenters. The fraction of sp³-hybridized carbons (Fsp3) is 1.00. The summed E-state index contributed by atoms with van der Waals surface area (Å²) < 4.78 is 0. The van der Waals surface area contributed by atoms with Crippen molar-refractivity contribution in [1.82, 2.24) is 5.32 Å². The Balaban J connectivity index is 1.78. The summed E-state index contributed by atoms with van der Waals surface area (Å²) in [5.74, 6) is 0.964. The van der Waals surface area contributed by atoms with Crippen LogP contribution in [0.5, 0.6) is 0 Å². The standard InChI is InChI=1S/C15H31N/c1-3-4-5-6-7-8-9-12-16-15-11-10-14(2)13-15/h14-16H,3-13H2,1-2H3. The Hall–Kier alpha value is -0.0400. The van der Waals surface area contributed by atoms with Gasteiger partial charge in [0.2, 0.25) is 0 Å². The van der Waals surface area contributed by atoms with Crippen LogP contribution in [0.1, 0.15) is 78.1 Å². The highest BCUT2D eigenvalue weighted by molar-refractivity contribution is 4.77. The topological polar surface area (TPSA) is 12.0 Å². The van der Waals surface area contributed by atoms with E-state index in [1.165, 1.54) is 70.8 Å². The number of nitrogens with one attached hydrogen (secondary N) is 1. The van der Waals surface area contributed by atoms with E-state index in [-0.39, 0.29) is 0 Å². The zero-order chi connectivity index (χ0) is 11.6. The first-order valence-corrected chi connectivity index (χ1v) is 7.56. The van der Waals surface area contributed by atoms with Gasteiger partial charge in [-0.05, 0) is 38.1 Å². The Morgan fingerprint density at radius 2 is 1.62 bits per heavy atom. The van der Waals surface area contributed by atoms with Crippen molar-refractivity contribution in [1.29, 1.82) is 0 Å². The molecule has 1 fully saturated rings. The molecule has 2 unspecified atom stereocenters. The van der Waals surface area contributed by atoms with Crippen molar-refractivity contribution in [3.63, 3.8) is 0 Å². The van der Waals surface area contributed by atoms with Crippen LogP contribution in [-0.4, -0.2) is 12.6 Å². The molecule has 1 N–H and O–H groups in total. The lowest BCUT2D eigenvalue weighted by molar-refractivity contribution is 0.482. The molecule has 1 heteroatoms. The first-order chi connectivity index (χ1) is 7.83. The number of hydrogen-bond donors (Lipinski definition) is 1. The van der Waals surface area contributed by atoms with Crippen molar-refractivity contribution < 1.29 is 0 Å². The van der Waals surface area contributed by atoms with Crippen LogP contribution in [0.2, 0.25) is 0 Å². The molecule has 16 heavy (non-hydrogen) atoms. The number of rotatable bonds is 9. The predicted octanol–water partition coefficient (Wildman–Crippen LogP) is 4.52. The van der Waals surface area contributed by atoms with E-state index in [9.17, 15) is 0 Å². The molecule has 0 radical (unpaired) electrons. The van der Waals surface area contributed by atoms with Gasteiger partial charge in [0, 0.05) is 6.04 Å². The molecular weight excluding hydrogens is 194 g/mol. The summed E-state index contributed by atoms with van der Waals surface area (Å²) in [6.07, 6.45) is 14.2. The van der Waals surface area contributed by atoms with Gasteiger partial charge in [0.25, 0.3) is 0 Å². The first kappa shape index (κ1) is 14.0. The van der Waals surface area contributed by atoms with E-state index in [4.69, 9.17) is 0 Å². The summed E-state index contributed by atoms with van der Waals surface area (Å²) in [6, 6.07) is 0.843. The lowest BCUT2D eigenvalue weighted by Gasteiger charge is -2.11. The molecule has 1 aliphatic rings. The normalized spacial score (nSPS) is 25.1. The van der Waals surface area contributed by atoms with E-state index in [1.807, 2.05) is 0 Å². The summed E-state index contributed by atoms with van der Waals surface area (Å²) in [5.41, 5.74) is 0. The lowest BCUT2D eigenvalue weighted by Crippen LogP contribution is -2.27. The molecule has 0 saturated heterocycles. The molecule has 0 aromatic rings.